The summed E-state index contributed by atoms with van der Waals surface area (Å²) in [5.74, 6) is -0.301. The van der Waals surface area contributed by atoms with Crippen LogP contribution in [0.3, 0.4) is 0 Å². The lowest BCUT2D eigenvalue weighted by Gasteiger charge is -2.17. The van der Waals surface area contributed by atoms with Crippen molar-refractivity contribution in [2.45, 2.75) is 19.7 Å². The van der Waals surface area contributed by atoms with Crippen LogP contribution in [0.15, 0.2) is 48.5 Å². The molecule has 0 aromatic heterocycles. The van der Waals surface area contributed by atoms with Gasteiger partial charge in [0, 0.05) is 18.7 Å². The van der Waals surface area contributed by atoms with E-state index in [1.807, 2.05) is 19.2 Å². The van der Waals surface area contributed by atoms with Gasteiger partial charge in [0.05, 0.1) is 0 Å². The minimum absolute atomic E-state index is 0.147. The maximum absolute atomic E-state index is 12.1. The molecule has 0 bridgehead atoms. The van der Waals surface area contributed by atoms with Gasteiger partial charge in [-0.1, -0.05) is 24.3 Å². The molecule has 0 aliphatic rings. The zero-order valence-corrected chi connectivity index (χ0v) is 12.7. The summed E-state index contributed by atoms with van der Waals surface area (Å²) < 4.78 is 28.5. The van der Waals surface area contributed by atoms with Gasteiger partial charge in [-0.3, -0.25) is 9.69 Å². The molecule has 4 nitrogen and oxygen atoms in total. The Kier molecular flexibility index (Phi) is 5.65. The van der Waals surface area contributed by atoms with Gasteiger partial charge < -0.3 is 10.5 Å². The fourth-order valence-corrected chi connectivity index (χ4v) is 2.23. The number of carbonyl (C=O) groups excluding carboxylic acids is 1. The summed E-state index contributed by atoms with van der Waals surface area (Å²) in [6.45, 7) is -1.46. The van der Waals surface area contributed by atoms with E-state index in [0.717, 1.165) is 11.1 Å². The predicted molar refractivity (Wildman–Crippen MR) is 83.2 cm³/mol. The number of ether oxygens (including phenoxy) is 1. The van der Waals surface area contributed by atoms with Crippen molar-refractivity contribution in [3.05, 3.63) is 65.2 Å². The fraction of sp³-hybridized carbons (Fsp3) is 0.235. The molecular formula is C17H18F2N2O2. The Labute approximate surface area is 133 Å². The highest BCUT2D eigenvalue weighted by Gasteiger charge is 2.06. The molecule has 122 valence electrons. The van der Waals surface area contributed by atoms with Crippen LogP contribution in [-0.2, 0) is 13.1 Å². The number of benzene rings is 2. The number of nitrogens with zero attached hydrogens (tertiary/aromatic N) is 1. The molecule has 0 atom stereocenters. The van der Waals surface area contributed by atoms with Gasteiger partial charge in [-0.25, -0.2) is 0 Å². The first-order valence-corrected chi connectivity index (χ1v) is 7.05. The van der Waals surface area contributed by atoms with E-state index in [2.05, 4.69) is 9.64 Å². The van der Waals surface area contributed by atoms with Gasteiger partial charge in [-0.15, -0.1) is 0 Å². The molecule has 6 heteroatoms. The summed E-state index contributed by atoms with van der Waals surface area (Å²) >= 11 is 0. The van der Waals surface area contributed by atoms with E-state index >= 15 is 0 Å². The molecule has 0 fully saturated rings. The van der Waals surface area contributed by atoms with Crippen molar-refractivity contribution in [3.8, 4) is 5.75 Å². The monoisotopic (exact) mass is 320 g/mol. The van der Waals surface area contributed by atoms with E-state index in [-0.39, 0.29) is 5.75 Å². The molecule has 2 N–H and O–H groups in total. The van der Waals surface area contributed by atoms with E-state index in [9.17, 15) is 13.6 Å². The third-order valence-electron chi connectivity index (χ3n) is 3.29. The second-order valence-electron chi connectivity index (χ2n) is 5.26. The average molecular weight is 320 g/mol. The third-order valence-corrected chi connectivity index (χ3v) is 3.29. The van der Waals surface area contributed by atoms with Gasteiger partial charge in [0.25, 0.3) is 0 Å². The minimum atomic E-state index is -2.81. The van der Waals surface area contributed by atoms with E-state index in [0.29, 0.717) is 18.7 Å². The van der Waals surface area contributed by atoms with Crippen molar-refractivity contribution in [2.24, 2.45) is 5.73 Å². The number of hydrogen-bond acceptors (Lipinski definition) is 3. The lowest BCUT2D eigenvalue weighted by atomic mass is 10.1. The van der Waals surface area contributed by atoms with Gasteiger partial charge in [-0.2, -0.15) is 8.78 Å². The Morgan fingerprint density at radius 3 is 1.96 bits per heavy atom. The lowest BCUT2D eigenvalue weighted by Crippen LogP contribution is -2.17. The van der Waals surface area contributed by atoms with Crippen molar-refractivity contribution >= 4 is 5.91 Å². The van der Waals surface area contributed by atoms with Crippen LogP contribution >= 0.6 is 0 Å². The first-order chi connectivity index (χ1) is 10.9. The Bertz CT molecular complexity index is 643. The van der Waals surface area contributed by atoms with Crippen molar-refractivity contribution in [1.82, 2.24) is 4.90 Å². The van der Waals surface area contributed by atoms with Crippen LogP contribution in [0, 0.1) is 0 Å². The van der Waals surface area contributed by atoms with Crippen LogP contribution in [0.4, 0.5) is 8.78 Å². The maximum atomic E-state index is 12.1. The van der Waals surface area contributed by atoms with Gasteiger partial charge in [-0.05, 0) is 42.4 Å². The number of rotatable bonds is 7. The summed E-state index contributed by atoms with van der Waals surface area (Å²) in [6.07, 6.45) is 0. The van der Waals surface area contributed by atoms with E-state index < -0.39 is 12.5 Å². The molecule has 0 aliphatic carbocycles. The Balaban J connectivity index is 1.91. The van der Waals surface area contributed by atoms with Crippen LogP contribution in [-0.4, -0.2) is 24.5 Å². The molecule has 0 radical (unpaired) electrons. The Hall–Kier alpha value is -2.47. The molecule has 2 aromatic carbocycles. The zero-order valence-electron chi connectivity index (χ0n) is 12.7. The fourth-order valence-electron chi connectivity index (χ4n) is 2.23. The summed E-state index contributed by atoms with van der Waals surface area (Å²) in [4.78, 5) is 13.1. The van der Waals surface area contributed by atoms with Crippen LogP contribution in [0.5, 0.6) is 5.75 Å². The Morgan fingerprint density at radius 2 is 1.52 bits per heavy atom. The SMILES string of the molecule is CN(Cc1ccc(OC(F)F)cc1)Cc1ccc(C(N)=O)cc1. The highest BCUT2D eigenvalue weighted by atomic mass is 19.3. The molecule has 0 saturated carbocycles. The number of primary amides is 1. The molecule has 23 heavy (non-hydrogen) atoms. The highest BCUT2D eigenvalue weighted by molar-refractivity contribution is 5.92. The van der Waals surface area contributed by atoms with Crippen molar-refractivity contribution < 1.29 is 18.3 Å². The lowest BCUT2D eigenvalue weighted by molar-refractivity contribution is -0.0498. The summed E-state index contributed by atoms with van der Waals surface area (Å²) in [5, 5.41) is 0. The Morgan fingerprint density at radius 1 is 1.04 bits per heavy atom. The van der Waals surface area contributed by atoms with Crippen LogP contribution < -0.4 is 10.5 Å². The topological polar surface area (TPSA) is 55.6 Å². The summed E-state index contributed by atoms with van der Waals surface area (Å²) in [7, 11) is 1.95. The molecule has 0 spiro atoms. The minimum Gasteiger partial charge on any atom is -0.435 e. The molecular weight excluding hydrogens is 302 g/mol. The largest absolute Gasteiger partial charge is 0.435 e. The van der Waals surface area contributed by atoms with Gasteiger partial charge >= 0.3 is 6.61 Å². The first-order valence-electron chi connectivity index (χ1n) is 7.05. The second-order valence-corrected chi connectivity index (χ2v) is 5.26. The molecule has 0 unspecified atom stereocenters. The summed E-state index contributed by atoms with van der Waals surface area (Å²) in [6, 6.07) is 13.7. The van der Waals surface area contributed by atoms with Gasteiger partial charge in [0.1, 0.15) is 5.75 Å². The van der Waals surface area contributed by atoms with Crippen LogP contribution in [0.1, 0.15) is 21.5 Å². The molecule has 2 aromatic rings. The number of hydrogen-bond donors (Lipinski definition) is 1. The highest BCUT2D eigenvalue weighted by Crippen LogP contribution is 2.16. The molecule has 2 rings (SSSR count). The average Bonchev–Trinajstić information content (AvgIpc) is 2.49. The number of carbonyl (C=O) groups is 1. The van der Waals surface area contributed by atoms with Crippen molar-refractivity contribution in [2.75, 3.05) is 7.05 Å². The first kappa shape index (κ1) is 16.9. The quantitative estimate of drug-likeness (QED) is 0.853. The normalized spacial score (nSPS) is 11.0. The van der Waals surface area contributed by atoms with Crippen LogP contribution in [0.25, 0.3) is 0 Å². The van der Waals surface area contributed by atoms with E-state index in [1.165, 1.54) is 12.1 Å². The number of alkyl halides is 2. The number of nitrogens with two attached hydrogens (primary N) is 1. The molecule has 1 amide bonds. The van der Waals surface area contributed by atoms with Gasteiger partial charge in [0.2, 0.25) is 5.91 Å². The molecule has 0 heterocycles. The molecule has 0 aliphatic heterocycles. The van der Waals surface area contributed by atoms with Crippen molar-refractivity contribution in [1.29, 1.82) is 0 Å². The number of amides is 1. The second kappa shape index (κ2) is 7.69. The van der Waals surface area contributed by atoms with E-state index in [1.54, 1.807) is 24.3 Å². The van der Waals surface area contributed by atoms with Crippen LogP contribution in [0.2, 0.25) is 0 Å². The molecule has 0 saturated heterocycles. The standard InChI is InChI=1S/C17H18F2N2O2/c1-21(10-12-2-6-14(7-3-12)16(20)22)11-13-4-8-15(9-5-13)23-17(18)19/h2-9,17H,10-11H2,1H3,(H2,20,22). The van der Waals surface area contributed by atoms with Crippen molar-refractivity contribution in [3.63, 3.8) is 0 Å². The smallest absolute Gasteiger partial charge is 0.387 e. The van der Waals surface area contributed by atoms with Gasteiger partial charge in [0.15, 0.2) is 0 Å². The van der Waals surface area contributed by atoms with E-state index in [4.69, 9.17) is 5.73 Å². The third kappa shape index (κ3) is 5.34. The zero-order chi connectivity index (χ0) is 16.8. The summed E-state index contributed by atoms with van der Waals surface area (Å²) in [5.41, 5.74) is 7.72. The number of halogens is 2. The predicted octanol–water partition coefficient (Wildman–Crippen LogP) is 3.02. The maximum Gasteiger partial charge on any atom is 0.387 e.